The van der Waals surface area contributed by atoms with Crippen molar-refractivity contribution in [3.05, 3.63) is 53.9 Å². The Morgan fingerprint density at radius 2 is 2.11 bits per heavy atom. The Morgan fingerprint density at radius 3 is 2.79 bits per heavy atom. The van der Waals surface area contributed by atoms with Crippen LogP contribution in [-0.4, -0.2) is 4.98 Å². The summed E-state index contributed by atoms with van der Waals surface area (Å²) < 4.78 is 0. The van der Waals surface area contributed by atoms with Gasteiger partial charge in [0.2, 0.25) is 0 Å². The zero-order valence-corrected chi connectivity index (χ0v) is 11.9. The van der Waals surface area contributed by atoms with Crippen molar-refractivity contribution in [3.63, 3.8) is 0 Å². The van der Waals surface area contributed by atoms with Crippen molar-refractivity contribution >= 4 is 22.3 Å². The summed E-state index contributed by atoms with van der Waals surface area (Å²) in [6.07, 6.45) is 4.75. The van der Waals surface area contributed by atoms with E-state index in [1.165, 1.54) is 0 Å². The summed E-state index contributed by atoms with van der Waals surface area (Å²) in [5, 5.41) is 0.748. The first-order valence-corrected chi connectivity index (χ1v) is 6.68. The molecular weight excluding hydrogens is 256 g/mol. The number of nitrogen functional groups attached to an aromatic ring is 1. The van der Waals surface area contributed by atoms with E-state index in [4.69, 9.17) is 17.3 Å². The number of benzene rings is 1. The van der Waals surface area contributed by atoms with Crippen LogP contribution in [0.2, 0.25) is 0 Å². The topological polar surface area (TPSA) is 38.9 Å². The van der Waals surface area contributed by atoms with Crippen LogP contribution in [0.1, 0.15) is 24.6 Å². The van der Waals surface area contributed by atoms with Gasteiger partial charge in [-0.3, -0.25) is 4.98 Å². The number of aromatic nitrogens is 1. The number of hydrogen-bond donors (Lipinski definition) is 1. The second-order valence-corrected chi connectivity index (χ2v) is 4.85. The molecule has 0 bridgehead atoms. The van der Waals surface area contributed by atoms with Crippen molar-refractivity contribution in [1.29, 1.82) is 0 Å². The minimum Gasteiger partial charge on any atom is -0.399 e. The molecule has 98 valence electrons. The lowest BCUT2D eigenvalue weighted by Gasteiger charge is -2.08. The first-order valence-electron chi connectivity index (χ1n) is 6.30. The van der Waals surface area contributed by atoms with Gasteiger partial charge in [-0.25, -0.2) is 0 Å². The van der Waals surface area contributed by atoms with Crippen LogP contribution in [0.25, 0.3) is 16.2 Å². The van der Waals surface area contributed by atoms with Crippen molar-refractivity contribution in [3.8, 4) is 11.1 Å². The maximum Gasteiger partial charge on any atom is 0.0460 e. The van der Waals surface area contributed by atoms with Crippen LogP contribution in [0.4, 0.5) is 5.69 Å². The maximum absolute atomic E-state index is 6.30. The number of rotatable bonds is 3. The number of anilines is 1. The first kappa shape index (κ1) is 13.6. The van der Waals surface area contributed by atoms with Crippen molar-refractivity contribution in [2.75, 3.05) is 5.73 Å². The lowest BCUT2D eigenvalue weighted by Crippen LogP contribution is -1.92. The van der Waals surface area contributed by atoms with Crippen molar-refractivity contribution in [2.24, 2.45) is 0 Å². The van der Waals surface area contributed by atoms with Crippen LogP contribution in [-0.2, 0) is 0 Å². The molecule has 0 unspecified atom stereocenters. The molecule has 0 saturated carbocycles. The quantitative estimate of drug-likeness (QED) is 0.828. The number of hydrogen-bond acceptors (Lipinski definition) is 2. The Labute approximate surface area is 118 Å². The number of halogens is 1. The van der Waals surface area contributed by atoms with Gasteiger partial charge in [0.05, 0.1) is 0 Å². The van der Waals surface area contributed by atoms with E-state index < -0.39 is 0 Å². The van der Waals surface area contributed by atoms with Crippen LogP contribution in [0, 0.1) is 6.92 Å². The number of nitrogens with zero attached hydrogens (tertiary/aromatic N) is 1. The molecule has 0 aliphatic carbocycles. The van der Waals surface area contributed by atoms with Gasteiger partial charge in [0.15, 0.2) is 0 Å². The highest BCUT2D eigenvalue weighted by Crippen LogP contribution is 2.28. The molecule has 0 saturated heterocycles. The minimum atomic E-state index is 0.745. The van der Waals surface area contributed by atoms with Gasteiger partial charge in [-0.2, -0.15) is 0 Å². The molecule has 0 radical (unpaired) electrons. The van der Waals surface area contributed by atoms with Gasteiger partial charge >= 0.3 is 0 Å². The van der Waals surface area contributed by atoms with Crippen LogP contribution in [0.15, 0.2) is 42.6 Å². The number of allylic oxidation sites excluding steroid dienone is 1. The van der Waals surface area contributed by atoms with Gasteiger partial charge in [0.25, 0.3) is 0 Å². The molecular formula is C16H17ClN2. The Hall–Kier alpha value is -1.80. The predicted molar refractivity (Wildman–Crippen MR) is 82.9 cm³/mol. The van der Waals surface area contributed by atoms with E-state index in [-0.39, 0.29) is 0 Å². The van der Waals surface area contributed by atoms with E-state index in [9.17, 15) is 0 Å². The molecule has 3 heteroatoms. The average molecular weight is 273 g/mol. The zero-order valence-electron chi connectivity index (χ0n) is 11.2. The molecule has 19 heavy (non-hydrogen) atoms. The molecule has 1 aromatic carbocycles. The highest BCUT2D eigenvalue weighted by Gasteiger charge is 2.07. The average Bonchev–Trinajstić information content (AvgIpc) is 2.39. The first-order chi connectivity index (χ1) is 9.11. The van der Waals surface area contributed by atoms with E-state index >= 15 is 0 Å². The van der Waals surface area contributed by atoms with Crippen molar-refractivity contribution in [1.82, 2.24) is 4.98 Å². The Balaban J connectivity index is 2.50. The molecule has 2 rings (SSSR count). The SMILES string of the molecule is CC/C=C(/Cl)c1cc(-c2cccc(N)c2)cnc1C. The third kappa shape index (κ3) is 3.15. The summed E-state index contributed by atoms with van der Waals surface area (Å²) in [5.74, 6) is 0. The number of aryl methyl sites for hydroxylation is 1. The monoisotopic (exact) mass is 272 g/mol. The molecule has 2 aromatic rings. The van der Waals surface area contributed by atoms with E-state index in [0.29, 0.717) is 0 Å². The lowest BCUT2D eigenvalue weighted by atomic mass is 10.0. The highest BCUT2D eigenvalue weighted by molar-refractivity contribution is 6.48. The lowest BCUT2D eigenvalue weighted by molar-refractivity contribution is 1.18. The molecule has 0 spiro atoms. The second kappa shape index (κ2) is 5.89. The van der Waals surface area contributed by atoms with Crippen LogP contribution >= 0.6 is 11.6 Å². The van der Waals surface area contributed by atoms with E-state index in [1.54, 1.807) is 0 Å². The Bertz CT molecular complexity index is 618. The molecule has 2 nitrogen and oxygen atoms in total. The van der Waals surface area contributed by atoms with Crippen LogP contribution in [0.3, 0.4) is 0 Å². The Kier molecular flexibility index (Phi) is 4.23. The number of pyridine rings is 1. The van der Waals surface area contributed by atoms with Gasteiger partial charge in [0.1, 0.15) is 0 Å². The maximum atomic E-state index is 6.30. The van der Waals surface area contributed by atoms with Crippen molar-refractivity contribution < 1.29 is 0 Å². The smallest absolute Gasteiger partial charge is 0.0460 e. The minimum absolute atomic E-state index is 0.745. The fourth-order valence-electron chi connectivity index (χ4n) is 1.94. The van der Waals surface area contributed by atoms with E-state index in [0.717, 1.165) is 39.5 Å². The third-order valence-electron chi connectivity index (χ3n) is 2.95. The van der Waals surface area contributed by atoms with Gasteiger partial charge < -0.3 is 5.73 Å². The van der Waals surface area contributed by atoms with Crippen LogP contribution < -0.4 is 5.73 Å². The number of nitrogens with two attached hydrogens (primary N) is 1. The predicted octanol–water partition coefficient (Wildman–Crippen LogP) is 4.63. The largest absolute Gasteiger partial charge is 0.399 e. The summed E-state index contributed by atoms with van der Waals surface area (Å²) in [5.41, 5.74) is 10.5. The molecule has 1 heterocycles. The van der Waals surface area contributed by atoms with Crippen LogP contribution in [0.5, 0.6) is 0 Å². The van der Waals surface area contributed by atoms with Gasteiger partial charge in [0, 0.05) is 33.7 Å². The normalized spacial score (nSPS) is 11.6. The standard InChI is InChI=1S/C16H17ClN2/c1-3-5-16(17)15-9-13(10-19-11(15)2)12-6-4-7-14(18)8-12/h4-10H,3,18H2,1-2H3/b16-5+. The molecule has 0 fully saturated rings. The van der Waals surface area contributed by atoms with Gasteiger partial charge in [-0.15, -0.1) is 0 Å². The summed E-state index contributed by atoms with van der Waals surface area (Å²) in [6.45, 7) is 4.03. The molecule has 2 N–H and O–H groups in total. The summed E-state index contributed by atoms with van der Waals surface area (Å²) in [7, 11) is 0. The molecule has 1 aromatic heterocycles. The molecule has 0 atom stereocenters. The van der Waals surface area contributed by atoms with Crippen molar-refractivity contribution in [2.45, 2.75) is 20.3 Å². The molecule has 0 amide bonds. The fraction of sp³-hybridized carbons (Fsp3) is 0.188. The van der Waals surface area contributed by atoms with E-state index in [2.05, 4.69) is 18.0 Å². The summed E-state index contributed by atoms with van der Waals surface area (Å²) in [4.78, 5) is 4.42. The summed E-state index contributed by atoms with van der Waals surface area (Å²) in [6, 6.07) is 9.83. The highest BCUT2D eigenvalue weighted by atomic mass is 35.5. The third-order valence-corrected chi connectivity index (χ3v) is 3.31. The van der Waals surface area contributed by atoms with Gasteiger partial charge in [-0.05, 0) is 37.1 Å². The fourth-order valence-corrected chi connectivity index (χ4v) is 2.29. The second-order valence-electron chi connectivity index (χ2n) is 4.44. The molecule has 0 aliphatic heterocycles. The Morgan fingerprint density at radius 1 is 1.32 bits per heavy atom. The van der Waals surface area contributed by atoms with Gasteiger partial charge in [-0.1, -0.05) is 36.7 Å². The molecule has 0 aliphatic rings. The zero-order chi connectivity index (χ0) is 13.8. The summed E-state index contributed by atoms with van der Waals surface area (Å²) >= 11 is 6.30. The van der Waals surface area contributed by atoms with E-state index in [1.807, 2.05) is 43.5 Å².